The molecule has 0 amide bonds. The molecule has 4 rings (SSSR count). The lowest BCUT2D eigenvalue weighted by Crippen LogP contribution is -2.47. The number of rotatable bonds is 7. The number of amidine groups is 1. The number of benzene rings is 3. The van der Waals surface area contributed by atoms with Crippen molar-refractivity contribution < 1.29 is 9.90 Å². The molecule has 3 aromatic rings. The lowest BCUT2D eigenvalue weighted by Gasteiger charge is -2.29. The minimum Gasteiger partial charge on any atom is -0.507 e. The largest absolute Gasteiger partial charge is 0.507 e. The smallest absolute Gasteiger partial charge is 0.157 e. The Hall–Kier alpha value is -3.68. The zero-order valence-corrected chi connectivity index (χ0v) is 19.9. The number of halogens is 1. The van der Waals surface area contributed by atoms with Crippen LogP contribution in [0.5, 0.6) is 5.75 Å². The third-order valence-corrected chi connectivity index (χ3v) is 6.73. The zero-order chi connectivity index (χ0) is 25.1. The highest BCUT2D eigenvalue weighted by Gasteiger charge is 2.27. The molecule has 0 aliphatic heterocycles. The van der Waals surface area contributed by atoms with Crippen LogP contribution in [0, 0.1) is 16.7 Å². The number of hydrogen-bond donors (Lipinski definition) is 5. The summed E-state index contributed by atoms with van der Waals surface area (Å²) in [5, 5.41) is 28.8. The van der Waals surface area contributed by atoms with Gasteiger partial charge in [-0.2, -0.15) is 0 Å². The van der Waals surface area contributed by atoms with E-state index in [0.29, 0.717) is 28.3 Å². The fourth-order valence-corrected chi connectivity index (χ4v) is 4.69. The summed E-state index contributed by atoms with van der Waals surface area (Å²) in [6.07, 6.45) is 3.38. The van der Waals surface area contributed by atoms with Crippen molar-refractivity contribution >= 4 is 40.8 Å². The van der Waals surface area contributed by atoms with Gasteiger partial charge in [0.15, 0.2) is 6.29 Å². The molecule has 1 atom stereocenters. The highest BCUT2D eigenvalue weighted by atomic mass is 35.5. The van der Waals surface area contributed by atoms with Gasteiger partial charge in [0, 0.05) is 39.7 Å². The van der Waals surface area contributed by atoms with Gasteiger partial charge in [-0.3, -0.25) is 10.2 Å². The molecule has 7 nitrogen and oxygen atoms in total. The Morgan fingerprint density at radius 1 is 1.00 bits per heavy atom. The normalized spacial score (nSPS) is 14.5. The van der Waals surface area contributed by atoms with Gasteiger partial charge in [-0.05, 0) is 54.3 Å². The zero-order valence-electron chi connectivity index (χ0n) is 19.2. The monoisotopic (exact) mass is 489 g/mol. The quantitative estimate of drug-likeness (QED) is 0.102. The number of aldehydes is 1. The van der Waals surface area contributed by atoms with Gasteiger partial charge >= 0.3 is 0 Å². The molecule has 0 radical (unpaired) electrons. The molecule has 0 spiro atoms. The maximum atomic E-state index is 11.7. The van der Waals surface area contributed by atoms with Crippen molar-refractivity contribution in [2.75, 3.05) is 10.6 Å². The van der Waals surface area contributed by atoms with E-state index < -0.39 is 6.17 Å². The van der Waals surface area contributed by atoms with Gasteiger partial charge < -0.3 is 26.9 Å². The number of phenols is 1. The number of anilines is 2. The van der Waals surface area contributed by atoms with Crippen molar-refractivity contribution in [1.82, 2.24) is 0 Å². The van der Waals surface area contributed by atoms with E-state index in [-0.39, 0.29) is 28.8 Å². The molecule has 180 valence electrons. The molecule has 35 heavy (non-hydrogen) atoms. The van der Waals surface area contributed by atoms with E-state index in [2.05, 4.69) is 0 Å². The molecule has 7 N–H and O–H groups in total. The summed E-state index contributed by atoms with van der Waals surface area (Å²) in [7, 11) is 0. The minimum absolute atomic E-state index is 0.109. The second-order valence-corrected chi connectivity index (χ2v) is 9.19. The molecule has 0 saturated heterocycles. The Bertz CT molecular complexity index is 1250. The van der Waals surface area contributed by atoms with Crippen LogP contribution in [0.1, 0.15) is 36.8 Å². The van der Waals surface area contributed by atoms with E-state index in [4.69, 9.17) is 33.9 Å². The van der Waals surface area contributed by atoms with Crippen LogP contribution in [0.2, 0.25) is 5.02 Å². The number of aromatic hydroxyl groups is 1. The van der Waals surface area contributed by atoms with Crippen molar-refractivity contribution in [3.05, 3.63) is 76.8 Å². The van der Waals surface area contributed by atoms with E-state index in [9.17, 15) is 9.90 Å². The molecule has 1 unspecified atom stereocenters. The van der Waals surface area contributed by atoms with Crippen LogP contribution in [0.15, 0.2) is 60.7 Å². The number of phenolic OH excluding ortho intramolecular Hbond substituents is 1. The average molecular weight is 490 g/mol. The van der Waals surface area contributed by atoms with E-state index in [1.54, 1.807) is 30.3 Å². The third kappa shape index (κ3) is 5.06. The summed E-state index contributed by atoms with van der Waals surface area (Å²) in [5.41, 5.74) is 16.0. The molecule has 0 heterocycles. The second kappa shape index (κ2) is 10.3. The van der Waals surface area contributed by atoms with Crippen molar-refractivity contribution in [3.63, 3.8) is 0 Å². The molecule has 8 heteroatoms. The maximum absolute atomic E-state index is 11.7. The van der Waals surface area contributed by atoms with Crippen molar-refractivity contribution in [3.8, 4) is 16.9 Å². The first-order chi connectivity index (χ1) is 16.8. The summed E-state index contributed by atoms with van der Waals surface area (Å²) >= 11 is 5.98. The number of nitrogens with zero attached hydrogens (tertiary/aromatic N) is 1. The van der Waals surface area contributed by atoms with Crippen LogP contribution in [-0.4, -0.2) is 29.1 Å². The lowest BCUT2D eigenvalue weighted by atomic mass is 9.92. The SMILES string of the molecule is N=C(c1cc(C(=N)N(c2ccc(-c3ccc(Cl)cc3)cc2)C(N)C=O)c(O)cc1N)C1CCCC1. The van der Waals surface area contributed by atoms with Crippen LogP contribution in [-0.2, 0) is 4.79 Å². The standard InChI is InChI=1S/C27H28ClN5O2/c28-19-9-5-16(6-10-19)17-7-11-20(12-8-17)33(25(30)15-34)27(32)22-13-21(23(29)14-24(22)35)26(31)18-3-1-2-4-18/h5-15,18,25,31-32,35H,1-4,29-30H2. The highest BCUT2D eigenvalue weighted by molar-refractivity contribution is 6.30. The van der Waals surface area contributed by atoms with Crippen LogP contribution < -0.4 is 16.4 Å². The topological polar surface area (TPSA) is 140 Å². The van der Waals surface area contributed by atoms with Crippen LogP contribution in [0.25, 0.3) is 11.1 Å². The third-order valence-electron chi connectivity index (χ3n) is 6.48. The van der Waals surface area contributed by atoms with Crippen LogP contribution in [0.3, 0.4) is 0 Å². The van der Waals surface area contributed by atoms with Gasteiger partial charge in [0.2, 0.25) is 0 Å². The van der Waals surface area contributed by atoms with Gasteiger partial charge in [0.1, 0.15) is 17.8 Å². The van der Waals surface area contributed by atoms with Crippen molar-refractivity contribution in [2.24, 2.45) is 11.7 Å². The number of nitrogens with one attached hydrogen (secondary N) is 2. The summed E-state index contributed by atoms with van der Waals surface area (Å²) < 4.78 is 0. The Morgan fingerprint density at radius 3 is 2.14 bits per heavy atom. The van der Waals surface area contributed by atoms with Crippen molar-refractivity contribution in [2.45, 2.75) is 31.8 Å². The molecule has 1 aliphatic rings. The van der Waals surface area contributed by atoms with E-state index in [0.717, 1.165) is 36.8 Å². The Balaban J connectivity index is 1.69. The van der Waals surface area contributed by atoms with Gasteiger partial charge in [0.25, 0.3) is 0 Å². The first-order valence-corrected chi connectivity index (χ1v) is 11.8. The van der Waals surface area contributed by atoms with Crippen LogP contribution >= 0.6 is 11.6 Å². The molecule has 1 saturated carbocycles. The fraction of sp³-hybridized carbons (Fsp3) is 0.222. The number of carbonyl (C=O) groups excluding carboxylic acids is 1. The second-order valence-electron chi connectivity index (χ2n) is 8.75. The Kier molecular flexibility index (Phi) is 7.19. The highest BCUT2D eigenvalue weighted by Crippen LogP contribution is 2.34. The number of nitrogens with two attached hydrogens (primary N) is 2. The van der Waals surface area contributed by atoms with Gasteiger partial charge in [-0.15, -0.1) is 0 Å². The van der Waals surface area contributed by atoms with E-state index >= 15 is 0 Å². The maximum Gasteiger partial charge on any atom is 0.157 e. The molecule has 0 aromatic heterocycles. The lowest BCUT2D eigenvalue weighted by molar-refractivity contribution is -0.108. The molecular weight excluding hydrogens is 462 g/mol. The average Bonchev–Trinajstić information content (AvgIpc) is 3.40. The number of carbonyl (C=O) groups is 1. The molecule has 1 fully saturated rings. The summed E-state index contributed by atoms with van der Waals surface area (Å²) in [4.78, 5) is 13.0. The number of nitrogen functional groups attached to an aromatic ring is 1. The molecule has 3 aromatic carbocycles. The minimum atomic E-state index is -1.15. The summed E-state index contributed by atoms with van der Waals surface area (Å²) in [6, 6.07) is 17.6. The summed E-state index contributed by atoms with van der Waals surface area (Å²) in [5.74, 6) is -0.268. The van der Waals surface area contributed by atoms with Crippen molar-refractivity contribution in [1.29, 1.82) is 10.8 Å². The van der Waals surface area contributed by atoms with Gasteiger partial charge in [-0.25, -0.2) is 0 Å². The van der Waals surface area contributed by atoms with E-state index in [1.165, 1.54) is 11.0 Å². The van der Waals surface area contributed by atoms with E-state index in [1.807, 2.05) is 24.3 Å². The summed E-state index contributed by atoms with van der Waals surface area (Å²) in [6.45, 7) is 0. The molecule has 1 aliphatic carbocycles. The fourth-order valence-electron chi connectivity index (χ4n) is 4.56. The molecule has 0 bridgehead atoms. The predicted molar refractivity (Wildman–Crippen MR) is 142 cm³/mol. The number of hydrogen-bond acceptors (Lipinski definition) is 6. The first-order valence-electron chi connectivity index (χ1n) is 11.5. The molecular formula is C27H28ClN5O2. The Labute approximate surface area is 209 Å². The Morgan fingerprint density at radius 2 is 1.57 bits per heavy atom. The predicted octanol–water partition coefficient (Wildman–Crippen LogP) is 5.17. The van der Waals surface area contributed by atoms with Gasteiger partial charge in [0.05, 0.1) is 5.56 Å². The first kappa shape index (κ1) is 24.4. The van der Waals surface area contributed by atoms with Gasteiger partial charge in [-0.1, -0.05) is 48.7 Å². The van der Waals surface area contributed by atoms with Crippen LogP contribution in [0.4, 0.5) is 11.4 Å².